The highest BCUT2D eigenvalue weighted by Gasteiger charge is 2.23. The van der Waals surface area contributed by atoms with E-state index >= 15 is 0 Å². The number of carbonyl (C=O) groups is 1. The van der Waals surface area contributed by atoms with Gasteiger partial charge in [0.2, 0.25) is 0 Å². The molecule has 1 amide bonds. The van der Waals surface area contributed by atoms with Gasteiger partial charge in [0.05, 0.1) is 18.4 Å². The SMILES string of the molecule is Cc1cc(-n2cnn(C/C(COC(N)=O)=C(\F)C(C)(C)C)c2=O)cnc1Br. The molecule has 2 aromatic rings. The number of amides is 1. The Labute approximate surface area is 164 Å². The van der Waals surface area contributed by atoms with Crippen LogP contribution in [-0.2, 0) is 11.3 Å². The van der Waals surface area contributed by atoms with Crippen molar-refractivity contribution in [2.45, 2.75) is 34.2 Å². The van der Waals surface area contributed by atoms with Crippen LogP contribution in [0, 0.1) is 12.3 Å². The molecule has 0 aliphatic carbocycles. The first-order chi connectivity index (χ1) is 12.5. The molecule has 0 bridgehead atoms. The van der Waals surface area contributed by atoms with Crippen molar-refractivity contribution in [2.24, 2.45) is 11.1 Å². The average molecular weight is 442 g/mol. The van der Waals surface area contributed by atoms with Crippen molar-refractivity contribution in [1.29, 1.82) is 0 Å². The number of rotatable bonds is 5. The van der Waals surface area contributed by atoms with Crippen LogP contribution in [0.1, 0.15) is 26.3 Å². The molecule has 8 nitrogen and oxygen atoms in total. The summed E-state index contributed by atoms with van der Waals surface area (Å²) in [6.07, 6.45) is 1.82. The Balaban J connectivity index is 2.39. The topological polar surface area (TPSA) is 105 Å². The molecule has 0 aliphatic heterocycles. The normalized spacial score (nSPS) is 12.7. The maximum absolute atomic E-state index is 14.8. The molecule has 2 N–H and O–H groups in total. The lowest BCUT2D eigenvalue weighted by Crippen LogP contribution is -2.27. The second-order valence-corrected chi connectivity index (χ2v) is 7.77. The zero-order chi connectivity index (χ0) is 20.4. The molecule has 0 aromatic carbocycles. The molecule has 0 radical (unpaired) electrons. The molecular weight excluding hydrogens is 421 g/mol. The number of nitrogens with zero attached hydrogens (tertiary/aromatic N) is 4. The fourth-order valence-corrected chi connectivity index (χ4v) is 2.56. The fourth-order valence-electron chi connectivity index (χ4n) is 2.35. The van der Waals surface area contributed by atoms with Crippen LogP contribution in [0.25, 0.3) is 5.69 Å². The smallest absolute Gasteiger partial charge is 0.404 e. The quantitative estimate of drug-likeness (QED) is 0.717. The van der Waals surface area contributed by atoms with Gasteiger partial charge < -0.3 is 10.5 Å². The van der Waals surface area contributed by atoms with Gasteiger partial charge >= 0.3 is 11.8 Å². The van der Waals surface area contributed by atoms with Gasteiger partial charge in [-0.1, -0.05) is 20.8 Å². The minimum atomic E-state index is -1.02. The molecule has 0 atom stereocenters. The molecule has 0 spiro atoms. The molecule has 2 rings (SSSR count). The van der Waals surface area contributed by atoms with Crippen LogP contribution in [0.4, 0.5) is 9.18 Å². The van der Waals surface area contributed by atoms with Crippen LogP contribution in [-0.4, -0.2) is 32.0 Å². The second-order valence-electron chi connectivity index (χ2n) is 7.02. The van der Waals surface area contributed by atoms with Crippen molar-refractivity contribution in [3.05, 3.63) is 50.6 Å². The zero-order valence-electron chi connectivity index (χ0n) is 15.5. The number of aryl methyl sites for hydroxylation is 1. The van der Waals surface area contributed by atoms with Crippen LogP contribution < -0.4 is 11.4 Å². The number of nitrogens with two attached hydrogens (primary N) is 1. The average Bonchev–Trinajstić information content (AvgIpc) is 2.93. The maximum atomic E-state index is 14.8. The highest BCUT2D eigenvalue weighted by atomic mass is 79.9. The number of allylic oxidation sites excluding steroid dienone is 1. The van der Waals surface area contributed by atoms with Crippen molar-refractivity contribution in [1.82, 2.24) is 19.3 Å². The number of carbonyl (C=O) groups excluding carboxylic acids is 1. The van der Waals surface area contributed by atoms with Crippen LogP contribution in [0.2, 0.25) is 0 Å². The lowest BCUT2D eigenvalue weighted by Gasteiger charge is -2.20. The van der Waals surface area contributed by atoms with Gasteiger partial charge in [-0.15, -0.1) is 0 Å². The number of aromatic nitrogens is 4. The Morgan fingerprint density at radius 2 is 2.07 bits per heavy atom. The summed E-state index contributed by atoms with van der Waals surface area (Å²) >= 11 is 3.30. The van der Waals surface area contributed by atoms with E-state index in [0.29, 0.717) is 10.3 Å². The van der Waals surface area contributed by atoms with Crippen LogP contribution >= 0.6 is 15.9 Å². The molecule has 0 aliphatic rings. The molecule has 10 heteroatoms. The Bertz CT molecular complexity index is 943. The fraction of sp³-hybridized carbons (Fsp3) is 0.412. The third kappa shape index (κ3) is 5.03. The third-order valence-corrected chi connectivity index (χ3v) is 4.54. The summed E-state index contributed by atoms with van der Waals surface area (Å²) in [6.45, 7) is 6.32. The van der Waals surface area contributed by atoms with Crippen molar-refractivity contribution >= 4 is 22.0 Å². The van der Waals surface area contributed by atoms with Gasteiger partial charge in [-0.25, -0.2) is 28.2 Å². The third-order valence-electron chi connectivity index (χ3n) is 3.71. The molecule has 146 valence electrons. The molecule has 27 heavy (non-hydrogen) atoms. The standard InChI is InChI=1S/C17H21BrFN5O3/c1-10-5-12(6-21-14(10)18)23-9-22-24(16(23)26)7-11(8-27-15(20)25)13(19)17(2,3)4/h5-6,9H,7-8H2,1-4H3,(H2,20,25)/b13-11+. The number of pyridine rings is 1. The van der Waals surface area contributed by atoms with Crippen LogP contribution in [0.3, 0.4) is 0 Å². The van der Waals surface area contributed by atoms with Crippen LogP contribution in [0.15, 0.2) is 39.4 Å². The van der Waals surface area contributed by atoms with Crippen molar-refractivity contribution in [3.8, 4) is 5.69 Å². The molecule has 2 heterocycles. The summed E-state index contributed by atoms with van der Waals surface area (Å²) < 4.78 is 22.5. The molecule has 0 unspecified atom stereocenters. The van der Waals surface area contributed by atoms with Gasteiger partial charge in [0.15, 0.2) is 0 Å². The van der Waals surface area contributed by atoms with Crippen molar-refractivity contribution < 1.29 is 13.9 Å². The summed E-state index contributed by atoms with van der Waals surface area (Å²) in [5, 5.41) is 4.03. The second kappa shape index (κ2) is 8.03. The highest BCUT2D eigenvalue weighted by molar-refractivity contribution is 9.10. The van der Waals surface area contributed by atoms with E-state index < -0.39 is 23.0 Å². The summed E-state index contributed by atoms with van der Waals surface area (Å²) in [5.74, 6) is -0.494. The monoisotopic (exact) mass is 441 g/mol. The minimum absolute atomic E-state index is 0.110. The maximum Gasteiger partial charge on any atom is 0.404 e. The van der Waals surface area contributed by atoms with Crippen molar-refractivity contribution in [3.63, 3.8) is 0 Å². The van der Waals surface area contributed by atoms with Gasteiger partial charge in [0.25, 0.3) is 0 Å². The molecule has 0 fully saturated rings. The summed E-state index contributed by atoms with van der Waals surface area (Å²) in [7, 11) is 0. The lowest BCUT2D eigenvalue weighted by molar-refractivity contribution is 0.163. The Morgan fingerprint density at radius 3 is 2.63 bits per heavy atom. The van der Waals surface area contributed by atoms with E-state index in [4.69, 9.17) is 10.5 Å². The van der Waals surface area contributed by atoms with Gasteiger partial charge in [-0.05, 0) is 34.5 Å². The lowest BCUT2D eigenvalue weighted by atomic mass is 9.92. The first-order valence-electron chi connectivity index (χ1n) is 8.08. The zero-order valence-corrected chi connectivity index (χ0v) is 17.1. The van der Waals surface area contributed by atoms with E-state index in [0.717, 1.165) is 10.2 Å². The molecule has 0 saturated heterocycles. The summed E-state index contributed by atoms with van der Waals surface area (Å²) in [5.41, 5.74) is 5.16. The predicted octanol–water partition coefficient (Wildman–Crippen LogP) is 2.86. The Kier molecular flexibility index (Phi) is 6.19. The first-order valence-corrected chi connectivity index (χ1v) is 8.87. The van der Waals surface area contributed by atoms with Gasteiger partial charge in [-0.3, -0.25) is 0 Å². The van der Waals surface area contributed by atoms with Crippen LogP contribution in [0.5, 0.6) is 0 Å². The largest absolute Gasteiger partial charge is 0.445 e. The van der Waals surface area contributed by atoms with Gasteiger partial charge in [0, 0.05) is 11.0 Å². The summed E-state index contributed by atoms with van der Waals surface area (Å²) in [6, 6.07) is 1.77. The number of hydrogen-bond donors (Lipinski definition) is 1. The number of hydrogen-bond acceptors (Lipinski definition) is 5. The molecule has 0 saturated carbocycles. The highest BCUT2D eigenvalue weighted by Crippen LogP contribution is 2.29. The van der Waals surface area contributed by atoms with E-state index in [9.17, 15) is 14.0 Å². The van der Waals surface area contributed by atoms with Crippen molar-refractivity contribution in [2.75, 3.05) is 6.61 Å². The number of halogens is 2. The van der Waals surface area contributed by atoms with E-state index in [1.807, 2.05) is 6.92 Å². The molecular formula is C17H21BrFN5O3. The van der Waals surface area contributed by atoms with Gasteiger partial charge in [-0.2, -0.15) is 5.10 Å². The first kappa shape index (κ1) is 20.8. The van der Waals surface area contributed by atoms with E-state index in [2.05, 4.69) is 26.0 Å². The summed E-state index contributed by atoms with van der Waals surface area (Å²) in [4.78, 5) is 27.7. The predicted molar refractivity (Wildman–Crippen MR) is 101 cm³/mol. The Morgan fingerprint density at radius 1 is 1.41 bits per heavy atom. The number of ether oxygens (including phenoxy) is 1. The van der Waals surface area contributed by atoms with E-state index in [-0.39, 0.29) is 18.7 Å². The number of primary amides is 1. The van der Waals surface area contributed by atoms with Gasteiger partial charge in [0.1, 0.15) is 23.4 Å². The molecule has 2 aromatic heterocycles. The van der Waals surface area contributed by atoms with E-state index in [1.54, 1.807) is 26.8 Å². The Hall–Kier alpha value is -2.49. The minimum Gasteiger partial charge on any atom is -0.445 e. The van der Waals surface area contributed by atoms with E-state index in [1.165, 1.54) is 17.1 Å².